The van der Waals surface area contributed by atoms with Crippen LogP contribution in [0.5, 0.6) is 0 Å². The average Bonchev–Trinajstić information content (AvgIpc) is 2.42. The van der Waals surface area contributed by atoms with Gasteiger partial charge in [0, 0.05) is 19.8 Å². The quantitative estimate of drug-likeness (QED) is 0.402. The molecule has 0 spiro atoms. The molecule has 0 bridgehead atoms. The highest BCUT2D eigenvalue weighted by atomic mass is 28.4. The van der Waals surface area contributed by atoms with Crippen molar-refractivity contribution in [3.8, 4) is 0 Å². The fourth-order valence-corrected chi connectivity index (χ4v) is 2.95. The molecule has 0 amide bonds. The zero-order chi connectivity index (χ0) is 15.0. The molecule has 0 aliphatic carbocycles. The van der Waals surface area contributed by atoms with E-state index in [0.717, 1.165) is 0 Å². The molecule has 0 radical (unpaired) electrons. The first kappa shape index (κ1) is 16.0. The van der Waals surface area contributed by atoms with Crippen LogP contribution in [-0.4, -0.2) is 22.8 Å². The Morgan fingerprint density at radius 2 is 1.16 bits per heavy atom. The van der Waals surface area contributed by atoms with Gasteiger partial charge < -0.3 is 14.6 Å². The van der Waals surface area contributed by atoms with Gasteiger partial charge in [0.05, 0.1) is 5.67 Å². The van der Waals surface area contributed by atoms with Crippen LogP contribution in [0.4, 0.5) is 22.0 Å². The number of benzene rings is 1. The minimum atomic E-state index is -3.33. The third kappa shape index (κ3) is 2.50. The van der Waals surface area contributed by atoms with Gasteiger partial charge in [-0.2, -0.15) is 0 Å². The molecular formula is C10H12F5NO2Si. The van der Waals surface area contributed by atoms with Gasteiger partial charge in [-0.05, 0) is 6.55 Å². The molecule has 0 saturated heterocycles. The summed E-state index contributed by atoms with van der Waals surface area (Å²) >= 11 is 0. The van der Waals surface area contributed by atoms with Gasteiger partial charge in [0.2, 0.25) is 5.82 Å². The van der Waals surface area contributed by atoms with Gasteiger partial charge in [0.15, 0.2) is 23.3 Å². The lowest BCUT2D eigenvalue weighted by molar-refractivity contribution is 0.235. The second kappa shape index (κ2) is 5.53. The van der Waals surface area contributed by atoms with Crippen molar-refractivity contribution in [3.05, 3.63) is 34.6 Å². The van der Waals surface area contributed by atoms with E-state index < -0.39 is 48.9 Å². The summed E-state index contributed by atoms with van der Waals surface area (Å²) in [5, 5.41) is 0. The number of rotatable bonds is 4. The minimum Gasteiger partial charge on any atom is -0.397 e. The van der Waals surface area contributed by atoms with Crippen LogP contribution in [0.3, 0.4) is 0 Å². The molecule has 9 heteroatoms. The Balaban J connectivity index is 3.52. The van der Waals surface area contributed by atoms with E-state index in [-0.39, 0.29) is 0 Å². The lowest BCUT2D eigenvalue weighted by Crippen LogP contribution is -2.48. The third-order valence-corrected chi connectivity index (χ3v) is 5.97. The normalized spacial score (nSPS) is 13.7. The van der Waals surface area contributed by atoms with Gasteiger partial charge in [0.25, 0.3) is 0 Å². The lowest BCUT2D eigenvalue weighted by atomic mass is 10.1. The van der Waals surface area contributed by atoms with Crippen LogP contribution in [0.25, 0.3) is 0 Å². The summed E-state index contributed by atoms with van der Waals surface area (Å²) < 4.78 is 76.1. The summed E-state index contributed by atoms with van der Waals surface area (Å²) in [6, 6.07) is 0. The minimum absolute atomic E-state index is 1.13. The summed E-state index contributed by atoms with van der Waals surface area (Å²) in [5.41, 5.74) is 2.85. The number of hydrogen-bond donors (Lipinski definition) is 1. The highest BCUT2D eigenvalue weighted by Gasteiger charge is 2.43. The maximum Gasteiger partial charge on any atom is 0.356 e. The molecule has 1 atom stereocenters. The van der Waals surface area contributed by atoms with E-state index in [1.165, 1.54) is 20.8 Å². The summed E-state index contributed by atoms with van der Waals surface area (Å²) in [6.07, 6.45) is 0. The number of halogens is 5. The predicted molar refractivity (Wildman–Crippen MR) is 58.8 cm³/mol. The highest BCUT2D eigenvalue weighted by molar-refractivity contribution is 6.67. The lowest BCUT2D eigenvalue weighted by Gasteiger charge is -2.29. The second-order valence-electron chi connectivity index (χ2n) is 3.89. The van der Waals surface area contributed by atoms with Crippen molar-refractivity contribution in [2.24, 2.45) is 5.73 Å². The standard InChI is InChI=1S/C10H12F5NO2Si/c1-17-19(3,18-2)10(16)4-5(11)7(13)9(15)8(14)6(4)12/h10H,16H2,1-3H3. The monoisotopic (exact) mass is 301 g/mol. The molecule has 1 rings (SSSR count). The zero-order valence-electron chi connectivity index (χ0n) is 10.4. The molecule has 0 aliphatic heterocycles. The van der Waals surface area contributed by atoms with Crippen molar-refractivity contribution < 1.29 is 30.8 Å². The van der Waals surface area contributed by atoms with E-state index in [0.29, 0.717) is 0 Å². The molecule has 0 aromatic heterocycles. The molecule has 3 nitrogen and oxygen atoms in total. The second-order valence-corrected chi connectivity index (χ2v) is 7.36. The van der Waals surface area contributed by atoms with Crippen LogP contribution in [0, 0.1) is 29.1 Å². The van der Waals surface area contributed by atoms with Gasteiger partial charge in [-0.3, -0.25) is 0 Å². The van der Waals surface area contributed by atoms with Crippen LogP contribution in [-0.2, 0) is 8.85 Å². The molecule has 19 heavy (non-hydrogen) atoms. The van der Waals surface area contributed by atoms with Gasteiger partial charge >= 0.3 is 8.56 Å². The Morgan fingerprint density at radius 3 is 1.47 bits per heavy atom. The molecule has 0 saturated carbocycles. The largest absolute Gasteiger partial charge is 0.397 e. The maximum atomic E-state index is 13.6. The van der Waals surface area contributed by atoms with E-state index in [1.54, 1.807) is 0 Å². The summed E-state index contributed by atoms with van der Waals surface area (Å²) in [5.74, 6) is -10.3. The Labute approximate surface area is 107 Å². The van der Waals surface area contributed by atoms with Crippen molar-refractivity contribution >= 4 is 8.56 Å². The zero-order valence-corrected chi connectivity index (χ0v) is 11.4. The first-order valence-electron chi connectivity index (χ1n) is 5.08. The van der Waals surface area contributed by atoms with E-state index in [9.17, 15) is 22.0 Å². The van der Waals surface area contributed by atoms with Crippen molar-refractivity contribution in [2.45, 2.75) is 12.2 Å². The van der Waals surface area contributed by atoms with Crippen molar-refractivity contribution in [1.82, 2.24) is 0 Å². The van der Waals surface area contributed by atoms with Crippen LogP contribution in [0.1, 0.15) is 11.2 Å². The first-order valence-corrected chi connectivity index (χ1v) is 7.47. The average molecular weight is 301 g/mol. The summed E-state index contributed by atoms with van der Waals surface area (Å²) in [6.45, 7) is 1.34. The topological polar surface area (TPSA) is 44.5 Å². The first-order chi connectivity index (χ1) is 8.71. The van der Waals surface area contributed by atoms with Gasteiger partial charge in [0.1, 0.15) is 0 Å². The van der Waals surface area contributed by atoms with Crippen molar-refractivity contribution in [2.75, 3.05) is 14.2 Å². The Hall–Kier alpha value is -1.03. The van der Waals surface area contributed by atoms with Crippen LogP contribution in [0.15, 0.2) is 0 Å². The van der Waals surface area contributed by atoms with Crippen molar-refractivity contribution in [1.29, 1.82) is 0 Å². The van der Waals surface area contributed by atoms with Gasteiger partial charge in [-0.15, -0.1) is 0 Å². The highest BCUT2D eigenvalue weighted by Crippen LogP contribution is 2.31. The molecule has 0 heterocycles. The van der Waals surface area contributed by atoms with Crippen LogP contribution in [0.2, 0.25) is 6.55 Å². The molecule has 0 aliphatic rings. The van der Waals surface area contributed by atoms with E-state index in [4.69, 9.17) is 14.6 Å². The Bertz CT molecular complexity index is 466. The molecule has 1 aromatic rings. The maximum absolute atomic E-state index is 13.6. The molecular weight excluding hydrogens is 289 g/mol. The SMILES string of the molecule is CO[Si](C)(OC)C(N)c1c(F)c(F)c(F)c(F)c1F. The molecule has 0 fully saturated rings. The fraction of sp³-hybridized carbons (Fsp3) is 0.400. The summed E-state index contributed by atoms with van der Waals surface area (Å²) in [4.78, 5) is 0. The molecule has 2 N–H and O–H groups in total. The number of nitrogens with two attached hydrogens (primary N) is 1. The van der Waals surface area contributed by atoms with Crippen LogP contribution < -0.4 is 5.73 Å². The molecule has 1 aromatic carbocycles. The van der Waals surface area contributed by atoms with Gasteiger partial charge in [-0.1, -0.05) is 0 Å². The van der Waals surface area contributed by atoms with E-state index >= 15 is 0 Å². The smallest absolute Gasteiger partial charge is 0.356 e. The number of hydrogen-bond acceptors (Lipinski definition) is 3. The summed E-state index contributed by atoms with van der Waals surface area (Å²) in [7, 11) is -0.961. The third-order valence-electron chi connectivity index (χ3n) is 2.93. The predicted octanol–water partition coefficient (Wildman–Crippen LogP) is 2.29. The van der Waals surface area contributed by atoms with Gasteiger partial charge in [-0.25, -0.2) is 22.0 Å². The van der Waals surface area contributed by atoms with Crippen molar-refractivity contribution in [3.63, 3.8) is 0 Å². The fourth-order valence-electron chi connectivity index (χ4n) is 1.49. The van der Waals surface area contributed by atoms with Crippen LogP contribution >= 0.6 is 0 Å². The molecule has 1 unspecified atom stereocenters. The Kier molecular flexibility index (Phi) is 4.66. The molecule has 108 valence electrons. The van der Waals surface area contributed by atoms with E-state index in [1.807, 2.05) is 0 Å². The Morgan fingerprint density at radius 1 is 0.842 bits per heavy atom. The van der Waals surface area contributed by atoms with E-state index in [2.05, 4.69) is 0 Å².